The first-order valence-corrected chi connectivity index (χ1v) is 16.1. The van der Waals surface area contributed by atoms with Crippen LogP contribution in [0.3, 0.4) is 0 Å². The molecule has 1 heterocycles. The second-order valence-electron chi connectivity index (χ2n) is 10.8. The number of hydrogen-bond acceptors (Lipinski definition) is 7. The Kier molecular flexibility index (Phi) is 11.9. The zero-order valence-corrected chi connectivity index (χ0v) is 27.2. The van der Waals surface area contributed by atoms with Crippen molar-refractivity contribution in [3.63, 3.8) is 0 Å². The summed E-state index contributed by atoms with van der Waals surface area (Å²) in [5.74, 6) is -0.0602. The minimum Gasteiger partial charge on any atom is -0.493 e. The van der Waals surface area contributed by atoms with Gasteiger partial charge in [0, 0.05) is 38.2 Å². The highest BCUT2D eigenvalue weighted by Gasteiger charge is 2.30. The smallest absolute Gasteiger partial charge is 0.341 e. The van der Waals surface area contributed by atoms with Gasteiger partial charge in [0.25, 0.3) is 0 Å². The van der Waals surface area contributed by atoms with Crippen LogP contribution < -0.4 is 9.64 Å². The van der Waals surface area contributed by atoms with E-state index in [0.717, 1.165) is 35.6 Å². The molecule has 11 heteroatoms. The summed E-state index contributed by atoms with van der Waals surface area (Å²) in [6.45, 7) is 9.83. The first-order chi connectivity index (χ1) is 20.4. The second kappa shape index (κ2) is 15.2. The first-order valence-electron chi connectivity index (χ1n) is 14.6. The van der Waals surface area contributed by atoms with Crippen LogP contribution in [0.4, 0.5) is 5.69 Å². The molecule has 0 radical (unpaired) electrons. The van der Waals surface area contributed by atoms with Crippen molar-refractivity contribution in [3.05, 3.63) is 70.8 Å². The van der Waals surface area contributed by atoms with Crippen LogP contribution in [0.2, 0.25) is 0 Å². The third-order valence-corrected chi connectivity index (χ3v) is 9.25. The SMILES string of the molecule is CCCCOC(=O)c1ccc(N(Cc2nccn2C)C(=O)CN(C)S(=O)(=O)c2c(C)cc(C)cc2C)cc1OCCCC. The molecule has 43 heavy (non-hydrogen) atoms. The number of nitrogens with zero attached hydrogens (tertiary/aromatic N) is 4. The molecule has 0 bridgehead atoms. The van der Waals surface area contributed by atoms with Crippen LogP contribution in [0.5, 0.6) is 5.75 Å². The van der Waals surface area contributed by atoms with Crippen molar-refractivity contribution in [1.82, 2.24) is 13.9 Å². The highest BCUT2D eigenvalue weighted by molar-refractivity contribution is 7.89. The van der Waals surface area contributed by atoms with Gasteiger partial charge in [0.2, 0.25) is 15.9 Å². The van der Waals surface area contributed by atoms with E-state index in [2.05, 4.69) is 4.98 Å². The number of hydrogen-bond donors (Lipinski definition) is 0. The lowest BCUT2D eigenvalue weighted by Gasteiger charge is -2.27. The molecule has 0 saturated carbocycles. The molecule has 0 atom stereocenters. The number of esters is 1. The predicted octanol–water partition coefficient (Wildman–Crippen LogP) is 5.34. The van der Waals surface area contributed by atoms with E-state index in [-0.39, 0.29) is 17.0 Å². The molecule has 0 aliphatic rings. The topological polar surface area (TPSA) is 111 Å². The van der Waals surface area contributed by atoms with Gasteiger partial charge in [0.1, 0.15) is 17.1 Å². The highest BCUT2D eigenvalue weighted by atomic mass is 32.2. The summed E-state index contributed by atoms with van der Waals surface area (Å²) in [5.41, 5.74) is 2.92. The standard InChI is InChI=1S/C32H44N4O6S/c1-8-10-16-41-28-20-26(12-13-27(28)32(38)42-17-11-9-2)36(21-29-33-14-15-34(29)6)30(37)22-35(7)43(39,40)31-24(4)18-23(3)19-25(31)5/h12-15,18-20H,8-11,16-17,21-22H2,1-7H3. The zero-order chi connectivity index (χ0) is 31.7. The van der Waals surface area contributed by atoms with Crippen LogP contribution >= 0.6 is 0 Å². The Morgan fingerprint density at radius 3 is 2.23 bits per heavy atom. The molecule has 0 spiro atoms. The van der Waals surface area contributed by atoms with Gasteiger partial charge in [-0.3, -0.25) is 4.79 Å². The third kappa shape index (κ3) is 8.45. The van der Waals surface area contributed by atoms with Crippen molar-refractivity contribution in [3.8, 4) is 5.75 Å². The van der Waals surface area contributed by atoms with Crippen LogP contribution in [0, 0.1) is 20.8 Å². The van der Waals surface area contributed by atoms with Gasteiger partial charge in [-0.2, -0.15) is 4.31 Å². The molecule has 0 fully saturated rings. The Morgan fingerprint density at radius 1 is 0.977 bits per heavy atom. The van der Waals surface area contributed by atoms with Gasteiger partial charge < -0.3 is 18.9 Å². The third-order valence-electron chi connectivity index (χ3n) is 7.14. The van der Waals surface area contributed by atoms with E-state index in [4.69, 9.17) is 9.47 Å². The van der Waals surface area contributed by atoms with Crippen molar-refractivity contribution >= 4 is 27.6 Å². The summed E-state index contributed by atoms with van der Waals surface area (Å²) in [6.07, 6.45) is 6.73. The Morgan fingerprint density at radius 2 is 1.63 bits per heavy atom. The number of carbonyl (C=O) groups is 2. The number of carbonyl (C=O) groups excluding carboxylic acids is 2. The molecule has 0 unspecified atom stereocenters. The van der Waals surface area contributed by atoms with Crippen LogP contribution in [-0.4, -0.2) is 61.0 Å². The minimum atomic E-state index is -3.97. The molecule has 2 aromatic carbocycles. The van der Waals surface area contributed by atoms with Crippen molar-refractivity contribution in [2.45, 2.75) is 71.7 Å². The number of imidazole rings is 1. The lowest BCUT2D eigenvalue weighted by Crippen LogP contribution is -2.41. The monoisotopic (exact) mass is 612 g/mol. The average Bonchev–Trinajstić information content (AvgIpc) is 3.35. The molecule has 234 valence electrons. The van der Waals surface area contributed by atoms with E-state index >= 15 is 0 Å². The number of aromatic nitrogens is 2. The number of benzene rings is 2. The molecule has 1 aromatic heterocycles. The number of anilines is 1. The molecule has 0 aliphatic carbocycles. The number of sulfonamides is 1. The van der Waals surface area contributed by atoms with Crippen molar-refractivity contribution in [1.29, 1.82) is 0 Å². The normalized spacial score (nSPS) is 11.5. The predicted molar refractivity (Wildman–Crippen MR) is 167 cm³/mol. The summed E-state index contributed by atoms with van der Waals surface area (Å²) in [5, 5.41) is 0. The summed E-state index contributed by atoms with van der Waals surface area (Å²) >= 11 is 0. The van der Waals surface area contributed by atoms with Gasteiger partial charge in [-0.1, -0.05) is 44.4 Å². The minimum absolute atomic E-state index is 0.0769. The average molecular weight is 613 g/mol. The van der Waals surface area contributed by atoms with Crippen LogP contribution in [-0.2, 0) is 33.1 Å². The van der Waals surface area contributed by atoms with Crippen LogP contribution in [0.25, 0.3) is 0 Å². The van der Waals surface area contributed by atoms with E-state index in [1.54, 1.807) is 49.0 Å². The molecule has 1 amide bonds. The Balaban J connectivity index is 1.99. The number of unbranched alkanes of at least 4 members (excludes halogenated alkanes) is 2. The van der Waals surface area contributed by atoms with E-state index < -0.39 is 28.4 Å². The summed E-state index contributed by atoms with van der Waals surface area (Å²) < 4.78 is 41.6. The molecule has 0 aliphatic heterocycles. The van der Waals surface area contributed by atoms with Crippen LogP contribution in [0.1, 0.15) is 72.4 Å². The number of rotatable bonds is 15. The molecule has 10 nitrogen and oxygen atoms in total. The maximum atomic E-state index is 13.9. The lowest BCUT2D eigenvalue weighted by molar-refractivity contribution is -0.118. The number of likely N-dealkylation sites (N-methyl/N-ethyl adjacent to an activating group) is 1. The number of ether oxygens (including phenoxy) is 2. The molecule has 0 N–H and O–H groups in total. The van der Waals surface area contributed by atoms with Gasteiger partial charge in [-0.25, -0.2) is 18.2 Å². The Labute approximate surface area is 255 Å². The fourth-order valence-corrected chi connectivity index (χ4v) is 6.31. The molecular formula is C32H44N4O6S. The summed E-state index contributed by atoms with van der Waals surface area (Å²) in [4.78, 5) is 32.8. The second-order valence-corrected chi connectivity index (χ2v) is 12.8. The Bertz CT molecular complexity index is 1510. The molecule has 3 rings (SSSR count). The number of amides is 1. The maximum Gasteiger partial charge on any atom is 0.341 e. The van der Waals surface area contributed by atoms with E-state index in [1.807, 2.05) is 40.0 Å². The number of aryl methyl sites for hydroxylation is 4. The van der Waals surface area contributed by atoms with E-state index in [9.17, 15) is 18.0 Å². The molecular weight excluding hydrogens is 568 g/mol. The van der Waals surface area contributed by atoms with Gasteiger partial charge in [0.15, 0.2) is 0 Å². The van der Waals surface area contributed by atoms with Crippen molar-refractivity contribution < 1.29 is 27.5 Å². The lowest BCUT2D eigenvalue weighted by atomic mass is 10.1. The van der Waals surface area contributed by atoms with Gasteiger partial charge in [-0.15, -0.1) is 0 Å². The van der Waals surface area contributed by atoms with Crippen LogP contribution in [0.15, 0.2) is 47.6 Å². The largest absolute Gasteiger partial charge is 0.493 e. The van der Waals surface area contributed by atoms with Crippen molar-refractivity contribution in [2.24, 2.45) is 7.05 Å². The highest BCUT2D eigenvalue weighted by Crippen LogP contribution is 2.29. The van der Waals surface area contributed by atoms with E-state index in [1.165, 1.54) is 11.9 Å². The van der Waals surface area contributed by atoms with Gasteiger partial charge in [-0.05, 0) is 56.9 Å². The van der Waals surface area contributed by atoms with Gasteiger partial charge >= 0.3 is 5.97 Å². The quantitative estimate of drug-likeness (QED) is 0.168. The zero-order valence-electron chi connectivity index (χ0n) is 26.3. The first kappa shape index (κ1) is 33.8. The molecule has 0 saturated heterocycles. The summed E-state index contributed by atoms with van der Waals surface area (Å²) in [6, 6.07) is 8.50. The molecule has 3 aromatic rings. The van der Waals surface area contributed by atoms with Gasteiger partial charge in [0.05, 0.1) is 31.2 Å². The summed E-state index contributed by atoms with van der Waals surface area (Å²) in [7, 11) is -0.750. The van der Waals surface area contributed by atoms with E-state index in [0.29, 0.717) is 41.6 Å². The Hall–Kier alpha value is -3.70. The van der Waals surface area contributed by atoms with Crippen molar-refractivity contribution in [2.75, 3.05) is 31.7 Å². The fourth-order valence-electron chi connectivity index (χ4n) is 4.78. The maximum absolute atomic E-state index is 13.9. The fraction of sp³-hybridized carbons (Fsp3) is 0.469.